The smallest absolute Gasteiger partial charge is 0.132 e. The molecule has 2 heterocycles. The Kier molecular flexibility index (Phi) is 3.09. The van der Waals surface area contributed by atoms with Gasteiger partial charge in [0, 0.05) is 20.9 Å². The fourth-order valence-corrected chi connectivity index (χ4v) is 5.76. The molecule has 0 fully saturated rings. The predicted molar refractivity (Wildman–Crippen MR) is 109 cm³/mol. The highest BCUT2D eigenvalue weighted by molar-refractivity contribution is 7.99. The zero-order valence-corrected chi connectivity index (χ0v) is 15.4. The average Bonchev–Trinajstić information content (AvgIpc) is 2.73. The standard InChI is InChI=1S/C25H16OS/c1-5-13-21-17(9-1)25(18-10-2-6-14-22(18)26-21)19-11-3-7-15-23(19)27-24-16-8-4-12-20(24)25/h1-16H. The molecule has 0 saturated carbocycles. The van der Waals surface area contributed by atoms with Gasteiger partial charge in [-0.05, 0) is 35.4 Å². The number of para-hydroxylation sites is 2. The average molecular weight is 364 g/mol. The van der Waals surface area contributed by atoms with E-state index in [-0.39, 0.29) is 5.41 Å². The molecule has 0 N–H and O–H groups in total. The van der Waals surface area contributed by atoms with E-state index in [1.807, 2.05) is 11.8 Å². The lowest BCUT2D eigenvalue weighted by atomic mass is 9.63. The Labute approximate surface area is 162 Å². The molecule has 1 spiro atoms. The molecule has 6 rings (SSSR count). The molecular weight excluding hydrogens is 348 g/mol. The summed E-state index contributed by atoms with van der Waals surface area (Å²) in [5.74, 6) is 1.88. The van der Waals surface area contributed by atoms with Crippen LogP contribution in [0.3, 0.4) is 0 Å². The van der Waals surface area contributed by atoms with Crippen LogP contribution in [0, 0.1) is 0 Å². The molecule has 0 bridgehead atoms. The van der Waals surface area contributed by atoms with Gasteiger partial charge < -0.3 is 4.74 Å². The molecule has 0 amide bonds. The molecule has 2 aliphatic rings. The maximum atomic E-state index is 6.33. The Balaban J connectivity index is 1.85. The molecule has 4 aromatic carbocycles. The van der Waals surface area contributed by atoms with E-state index < -0.39 is 0 Å². The number of hydrogen-bond acceptors (Lipinski definition) is 2. The fourth-order valence-electron chi connectivity index (χ4n) is 4.57. The second-order valence-corrected chi connectivity index (χ2v) is 8.02. The van der Waals surface area contributed by atoms with E-state index in [4.69, 9.17) is 4.74 Å². The van der Waals surface area contributed by atoms with Crippen molar-refractivity contribution in [1.29, 1.82) is 0 Å². The lowest BCUT2D eigenvalue weighted by molar-refractivity contribution is 0.431. The van der Waals surface area contributed by atoms with Crippen LogP contribution in [0.5, 0.6) is 11.5 Å². The van der Waals surface area contributed by atoms with Gasteiger partial charge in [0.2, 0.25) is 0 Å². The molecule has 27 heavy (non-hydrogen) atoms. The largest absolute Gasteiger partial charge is 0.457 e. The Morgan fingerprint density at radius 2 is 0.889 bits per heavy atom. The summed E-state index contributed by atoms with van der Waals surface area (Å²) in [5, 5.41) is 0. The van der Waals surface area contributed by atoms with E-state index >= 15 is 0 Å². The van der Waals surface area contributed by atoms with Crippen molar-refractivity contribution >= 4 is 11.8 Å². The van der Waals surface area contributed by atoms with Crippen LogP contribution in [-0.2, 0) is 5.41 Å². The molecule has 0 aromatic heterocycles. The minimum atomic E-state index is -0.357. The molecule has 0 radical (unpaired) electrons. The molecule has 0 unspecified atom stereocenters. The molecule has 0 atom stereocenters. The second kappa shape index (κ2) is 5.51. The summed E-state index contributed by atoms with van der Waals surface area (Å²) < 4.78 is 6.33. The maximum Gasteiger partial charge on any atom is 0.132 e. The number of ether oxygens (including phenoxy) is 1. The van der Waals surface area contributed by atoms with Crippen molar-refractivity contribution in [3.63, 3.8) is 0 Å². The minimum Gasteiger partial charge on any atom is -0.457 e. The molecule has 4 aromatic rings. The van der Waals surface area contributed by atoms with Crippen LogP contribution in [0.4, 0.5) is 0 Å². The molecule has 128 valence electrons. The van der Waals surface area contributed by atoms with Crippen LogP contribution in [0.25, 0.3) is 0 Å². The predicted octanol–water partition coefficient (Wildman–Crippen LogP) is 6.64. The van der Waals surface area contributed by atoms with Crippen molar-refractivity contribution < 1.29 is 4.74 Å². The molecule has 2 aliphatic heterocycles. The number of hydrogen-bond donors (Lipinski definition) is 0. The van der Waals surface area contributed by atoms with Gasteiger partial charge in [0.25, 0.3) is 0 Å². The third kappa shape index (κ3) is 1.91. The summed E-state index contributed by atoms with van der Waals surface area (Å²) in [5.41, 5.74) is 4.73. The highest BCUT2D eigenvalue weighted by atomic mass is 32.2. The topological polar surface area (TPSA) is 9.23 Å². The molecule has 1 nitrogen and oxygen atoms in total. The number of benzene rings is 4. The molecular formula is C25H16OS. The second-order valence-electron chi connectivity index (χ2n) is 6.94. The lowest BCUT2D eigenvalue weighted by Gasteiger charge is -2.45. The van der Waals surface area contributed by atoms with Gasteiger partial charge >= 0.3 is 0 Å². The van der Waals surface area contributed by atoms with Crippen LogP contribution < -0.4 is 4.74 Å². The fraction of sp³-hybridized carbons (Fsp3) is 0.0400. The van der Waals surface area contributed by atoms with E-state index in [1.54, 1.807) is 0 Å². The van der Waals surface area contributed by atoms with E-state index in [0.29, 0.717) is 0 Å². The summed E-state index contributed by atoms with van der Waals surface area (Å²) in [4.78, 5) is 2.62. The van der Waals surface area contributed by atoms with Gasteiger partial charge in [-0.25, -0.2) is 0 Å². The van der Waals surface area contributed by atoms with E-state index in [1.165, 1.54) is 32.0 Å². The quantitative estimate of drug-likeness (QED) is 0.299. The van der Waals surface area contributed by atoms with Crippen LogP contribution in [0.1, 0.15) is 22.3 Å². The Bertz CT molecular complexity index is 1000. The minimum absolute atomic E-state index is 0.357. The van der Waals surface area contributed by atoms with Gasteiger partial charge in [-0.2, -0.15) is 0 Å². The number of rotatable bonds is 0. The van der Waals surface area contributed by atoms with Gasteiger partial charge in [-0.1, -0.05) is 84.6 Å². The first-order valence-corrected chi connectivity index (χ1v) is 9.94. The van der Waals surface area contributed by atoms with Crippen molar-refractivity contribution in [2.75, 3.05) is 0 Å². The molecule has 0 aliphatic carbocycles. The van der Waals surface area contributed by atoms with Crippen LogP contribution in [-0.4, -0.2) is 0 Å². The van der Waals surface area contributed by atoms with Crippen LogP contribution in [0.2, 0.25) is 0 Å². The normalized spacial score (nSPS) is 15.1. The SMILES string of the molecule is c1ccc2c(c1)Oc1ccccc1C21c2ccccc2Sc2ccccc21. The van der Waals surface area contributed by atoms with Crippen LogP contribution in [0.15, 0.2) is 107 Å². The zero-order valence-electron chi connectivity index (χ0n) is 14.6. The van der Waals surface area contributed by atoms with Crippen LogP contribution >= 0.6 is 11.8 Å². The first-order valence-electron chi connectivity index (χ1n) is 9.13. The highest BCUT2D eigenvalue weighted by Crippen LogP contribution is 2.61. The molecule has 2 heteroatoms. The van der Waals surface area contributed by atoms with Crippen molar-refractivity contribution in [2.24, 2.45) is 0 Å². The van der Waals surface area contributed by atoms with Crippen molar-refractivity contribution in [3.8, 4) is 11.5 Å². The first-order chi connectivity index (χ1) is 13.4. The third-order valence-corrected chi connectivity index (χ3v) is 6.76. The number of fused-ring (bicyclic) bond motifs is 8. The lowest BCUT2D eigenvalue weighted by Crippen LogP contribution is -2.36. The monoisotopic (exact) mass is 364 g/mol. The summed E-state index contributed by atoms with van der Waals surface area (Å²) in [6.45, 7) is 0. The summed E-state index contributed by atoms with van der Waals surface area (Å²) in [7, 11) is 0. The Morgan fingerprint density at radius 3 is 1.41 bits per heavy atom. The molecule has 0 saturated heterocycles. The first kappa shape index (κ1) is 15.1. The van der Waals surface area contributed by atoms with Gasteiger partial charge in [-0.3, -0.25) is 0 Å². The summed E-state index contributed by atoms with van der Waals surface area (Å²) in [6.07, 6.45) is 0. The van der Waals surface area contributed by atoms with Crippen molar-refractivity contribution in [2.45, 2.75) is 15.2 Å². The van der Waals surface area contributed by atoms with E-state index in [9.17, 15) is 0 Å². The summed E-state index contributed by atoms with van der Waals surface area (Å²) in [6, 6.07) is 34.5. The van der Waals surface area contributed by atoms with E-state index in [0.717, 1.165) is 11.5 Å². The summed E-state index contributed by atoms with van der Waals surface area (Å²) >= 11 is 1.86. The van der Waals surface area contributed by atoms with Gasteiger partial charge in [0.05, 0.1) is 5.41 Å². The zero-order chi connectivity index (χ0) is 17.8. The van der Waals surface area contributed by atoms with E-state index in [2.05, 4.69) is 97.1 Å². The van der Waals surface area contributed by atoms with Gasteiger partial charge in [0.15, 0.2) is 0 Å². The Hall–Kier alpha value is -2.97. The van der Waals surface area contributed by atoms with Gasteiger partial charge in [0.1, 0.15) is 11.5 Å². The maximum absolute atomic E-state index is 6.33. The third-order valence-electron chi connectivity index (χ3n) is 5.60. The van der Waals surface area contributed by atoms with Crippen molar-refractivity contribution in [3.05, 3.63) is 119 Å². The van der Waals surface area contributed by atoms with Gasteiger partial charge in [-0.15, -0.1) is 0 Å². The van der Waals surface area contributed by atoms with Crippen molar-refractivity contribution in [1.82, 2.24) is 0 Å². The Morgan fingerprint density at radius 1 is 0.481 bits per heavy atom. The highest BCUT2D eigenvalue weighted by Gasteiger charge is 2.49.